The maximum atomic E-state index is 12.2. The first-order valence-electron chi connectivity index (χ1n) is 9.22. The van der Waals surface area contributed by atoms with E-state index in [2.05, 4.69) is 44.2 Å². The molecule has 27 heavy (non-hydrogen) atoms. The molecule has 3 rings (SSSR count). The van der Waals surface area contributed by atoms with Crippen molar-refractivity contribution in [3.8, 4) is 11.1 Å². The molecule has 0 saturated carbocycles. The van der Waals surface area contributed by atoms with Gasteiger partial charge in [-0.2, -0.15) is 0 Å². The van der Waals surface area contributed by atoms with Gasteiger partial charge in [-0.3, -0.25) is 19.5 Å². The van der Waals surface area contributed by atoms with Gasteiger partial charge >= 0.3 is 5.97 Å². The summed E-state index contributed by atoms with van der Waals surface area (Å²) in [5, 5.41) is 2.66. The van der Waals surface area contributed by atoms with Crippen LogP contribution in [0, 0.1) is 5.92 Å². The monoisotopic (exact) mass is 367 g/mol. The van der Waals surface area contributed by atoms with Gasteiger partial charge in [0.15, 0.2) is 0 Å². The molecule has 1 saturated heterocycles. The van der Waals surface area contributed by atoms with Gasteiger partial charge in [-0.1, -0.05) is 30.3 Å². The maximum Gasteiger partial charge on any atom is 0.325 e. The topological polar surface area (TPSA) is 71.5 Å². The number of carbonyl (C=O) groups excluding carboxylic acids is 2. The van der Waals surface area contributed by atoms with Gasteiger partial charge in [-0.25, -0.2) is 0 Å². The predicted molar refractivity (Wildman–Crippen MR) is 103 cm³/mol. The summed E-state index contributed by atoms with van der Waals surface area (Å²) in [5.41, 5.74) is 3.58. The number of nitrogens with zero attached hydrogens (tertiary/aromatic N) is 2. The number of aromatic nitrogens is 1. The number of esters is 1. The number of amides is 1. The molecule has 0 aliphatic carbocycles. The molecule has 1 aliphatic heterocycles. The van der Waals surface area contributed by atoms with Crippen LogP contribution in [-0.2, 0) is 20.9 Å². The standard InChI is InChI=1S/C21H25N3O3/c1-27-20(25)14-23-21(26)16-8-11-24(12-9-16)15-18-5-2-3-7-19(18)17-6-4-10-22-13-17/h2-7,10,13,16H,8-9,11-12,14-15H2,1H3,(H,23,26). The van der Waals surface area contributed by atoms with Gasteiger partial charge in [0.1, 0.15) is 6.54 Å². The van der Waals surface area contributed by atoms with E-state index in [1.165, 1.54) is 18.2 Å². The summed E-state index contributed by atoms with van der Waals surface area (Å²) in [6.45, 7) is 2.50. The number of pyridine rings is 1. The summed E-state index contributed by atoms with van der Waals surface area (Å²) in [4.78, 5) is 29.9. The Labute approximate surface area is 159 Å². The molecule has 2 heterocycles. The summed E-state index contributed by atoms with van der Waals surface area (Å²) in [5.74, 6) is -0.525. The van der Waals surface area contributed by atoms with Crippen molar-refractivity contribution >= 4 is 11.9 Å². The summed E-state index contributed by atoms with van der Waals surface area (Å²) < 4.78 is 4.55. The van der Waals surface area contributed by atoms with Gasteiger partial charge in [0, 0.05) is 30.4 Å². The van der Waals surface area contributed by atoms with Crippen molar-refractivity contribution in [3.05, 3.63) is 54.4 Å². The van der Waals surface area contributed by atoms with Crippen LogP contribution in [0.5, 0.6) is 0 Å². The molecule has 1 aliphatic rings. The van der Waals surface area contributed by atoms with E-state index in [1.807, 2.05) is 18.3 Å². The first-order valence-corrected chi connectivity index (χ1v) is 9.22. The molecule has 0 unspecified atom stereocenters. The Morgan fingerprint density at radius 1 is 1.19 bits per heavy atom. The molecule has 0 bridgehead atoms. The molecule has 142 valence electrons. The van der Waals surface area contributed by atoms with Crippen molar-refractivity contribution in [1.29, 1.82) is 0 Å². The second-order valence-electron chi connectivity index (χ2n) is 6.74. The SMILES string of the molecule is COC(=O)CNC(=O)C1CCN(Cc2ccccc2-c2cccnc2)CC1. The fraction of sp³-hybridized carbons (Fsp3) is 0.381. The lowest BCUT2D eigenvalue weighted by Crippen LogP contribution is -2.41. The minimum atomic E-state index is -0.423. The average Bonchev–Trinajstić information content (AvgIpc) is 2.73. The van der Waals surface area contributed by atoms with Crippen molar-refractivity contribution in [3.63, 3.8) is 0 Å². The van der Waals surface area contributed by atoms with Crippen molar-refractivity contribution in [2.45, 2.75) is 19.4 Å². The molecule has 0 radical (unpaired) electrons. The van der Waals surface area contributed by atoms with Crippen LogP contribution in [0.2, 0.25) is 0 Å². The van der Waals surface area contributed by atoms with Crippen LogP contribution in [0.25, 0.3) is 11.1 Å². The van der Waals surface area contributed by atoms with Crippen LogP contribution in [0.3, 0.4) is 0 Å². The summed E-state index contributed by atoms with van der Waals surface area (Å²) in [6.07, 6.45) is 5.25. The first kappa shape index (κ1) is 19.0. The van der Waals surface area contributed by atoms with E-state index in [0.29, 0.717) is 0 Å². The van der Waals surface area contributed by atoms with E-state index in [1.54, 1.807) is 6.20 Å². The predicted octanol–water partition coefficient (Wildman–Crippen LogP) is 2.25. The Kier molecular flexibility index (Phi) is 6.54. The second kappa shape index (κ2) is 9.28. The van der Waals surface area contributed by atoms with Crippen molar-refractivity contribution in [2.75, 3.05) is 26.7 Å². The number of hydrogen-bond acceptors (Lipinski definition) is 5. The highest BCUT2D eigenvalue weighted by atomic mass is 16.5. The molecule has 0 spiro atoms. The quantitative estimate of drug-likeness (QED) is 0.793. The Balaban J connectivity index is 1.56. The fourth-order valence-corrected chi connectivity index (χ4v) is 3.43. The van der Waals surface area contributed by atoms with Crippen LogP contribution in [0.15, 0.2) is 48.8 Å². The molecule has 1 amide bonds. The third-order valence-electron chi connectivity index (χ3n) is 4.98. The zero-order chi connectivity index (χ0) is 19.1. The van der Waals surface area contributed by atoms with E-state index >= 15 is 0 Å². The smallest absolute Gasteiger partial charge is 0.325 e. The molecule has 1 fully saturated rings. The third-order valence-corrected chi connectivity index (χ3v) is 4.98. The van der Waals surface area contributed by atoms with Crippen LogP contribution < -0.4 is 5.32 Å². The zero-order valence-electron chi connectivity index (χ0n) is 15.6. The molecule has 6 heteroatoms. The second-order valence-corrected chi connectivity index (χ2v) is 6.74. The van der Waals surface area contributed by atoms with E-state index in [0.717, 1.165) is 38.0 Å². The van der Waals surface area contributed by atoms with Crippen LogP contribution in [-0.4, -0.2) is 48.5 Å². The normalized spacial score (nSPS) is 15.3. The van der Waals surface area contributed by atoms with Crippen LogP contribution in [0.1, 0.15) is 18.4 Å². The molecular weight excluding hydrogens is 342 g/mol. The number of piperidine rings is 1. The van der Waals surface area contributed by atoms with Crippen molar-refractivity contribution in [1.82, 2.24) is 15.2 Å². The molecule has 0 atom stereocenters. The number of rotatable bonds is 6. The lowest BCUT2D eigenvalue weighted by atomic mass is 9.94. The number of methoxy groups -OCH3 is 1. The Morgan fingerprint density at radius 3 is 2.67 bits per heavy atom. The lowest BCUT2D eigenvalue weighted by molar-refractivity contribution is -0.141. The Morgan fingerprint density at radius 2 is 1.96 bits per heavy atom. The van der Waals surface area contributed by atoms with E-state index < -0.39 is 5.97 Å². The largest absolute Gasteiger partial charge is 0.468 e. The molecule has 2 aromatic rings. The fourth-order valence-electron chi connectivity index (χ4n) is 3.43. The highest BCUT2D eigenvalue weighted by Crippen LogP contribution is 2.26. The third kappa shape index (κ3) is 5.14. The average molecular weight is 367 g/mol. The minimum absolute atomic E-state index is 0.0422. The van der Waals surface area contributed by atoms with Crippen LogP contribution >= 0.6 is 0 Å². The van der Waals surface area contributed by atoms with E-state index in [-0.39, 0.29) is 18.4 Å². The van der Waals surface area contributed by atoms with E-state index in [4.69, 9.17) is 0 Å². The van der Waals surface area contributed by atoms with Gasteiger partial charge in [0.2, 0.25) is 5.91 Å². The Hall–Kier alpha value is -2.73. The summed E-state index contributed by atoms with van der Waals surface area (Å²) in [7, 11) is 1.32. The van der Waals surface area contributed by atoms with Crippen LogP contribution in [0.4, 0.5) is 0 Å². The van der Waals surface area contributed by atoms with E-state index in [9.17, 15) is 9.59 Å². The zero-order valence-corrected chi connectivity index (χ0v) is 15.6. The Bertz CT molecular complexity index is 771. The van der Waals surface area contributed by atoms with Gasteiger partial charge in [0.25, 0.3) is 0 Å². The summed E-state index contributed by atoms with van der Waals surface area (Å²) in [6, 6.07) is 12.4. The number of nitrogens with one attached hydrogen (secondary N) is 1. The molecule has 1 aromatic heterocycles. The number of ether oxygens (including phenoxy) is 1. The lowest BCUT2D eigenvalue weighted by Gasteiger charge is -2.31. The number of likely N-dealkylation sites (tertiary alicyclic amines) is 1. The molecule has 1 aromatic carbocycles. The number of hydrogen-bond donors (Lipinski definition) is 1. The highest BCUT2D eigenvalue weighted by Gasteiger charge is 2.25. The molecule has 1 N–H and O–H groups in total. The maximum absolute atomic E-state index is 12.2. The summed E-state index contributed by atoms with van der Waals surface area (Å²) >= 11 is 0. The van der Waals surface area contributed by atoms with Gasteiger partial charge in [-0.05, 0) is 43.1 Å². The first-order chi connectivity index (χ1) is 13.2. The molecule has 6 nitrogen and oxygen atoms in total. The minimum Gasteiger partial charge on any atom is -0.468 e. The van der Waals surface area contributed by atoms with Crippen molar-refractivity contribution in [2.24, 2.45) is 5.92 Å². The highest BCUT2D eigenvalue weighted by molar-refractivity contribution is 5.83. The number of benzene rings is 1. The van der Waals surface area contributed by atoms with Crippen molar-refractivity contribution < 1.29 is 14.3 Å². The number of carbonyl (C=O) groups is 2. The molecular formula is C21H25N3O3. The van der Waals surface area contributed by atoms with Gasteiger partial charge in [-0.15, -0.1) is 0 Å². The van der Waals surface area contributed by atoms with Gasteiger partial charge in [0.05, 0.1) is 7.11 Å². The van der Waals surface area contributed by atoms with Gasteiger partial charge < -0.3 is 10.1 Å².